The summed E-state index contributed by atoms with van der Waals surface area (Å²) in [5.74, 6) is 0.0969. The van der Waals surface area contributed by atoms with Gasteiger partial charge in [0.1, 0.15) is 11.4 Å². The number of aromatic nitrogens is 2. The maximum absolute atomic E-state index is 12.1. The molecule has 1 aromatic carbocycles. The molecule has 1 unspecified atom stereocenters. The number of nitrogens with one attached hydrogen (secondary N) is 1. The van der Waals surface area contributed by atoms with Gasteiger partial charge in [0.25, 0.3) is 5.56 Å². The summed E-state index contributed by atoms with van der Waals surface area (Å²) in [5.41, 5.74) is 6.02. The average molecular weight is 324 g/mol. The molecule has 0 amide bonds. The van der Waals surface area contributed by atoms with Gasteiger partial charge in [-0.15, -0.1) is 0 Å². The molecule has 0 saturated carbocycles. The minimum atomic E-state index is -0.380. The first-order valence-electron chi connectivity index (χ1n) is 5.81. The van der Waals surface area contributed by atoms with E-state index in [0.717, 1.165) is 4.47 Å². The van der Waals surface area contributed by atoms with Crippen molar-refractivity contribution in [2.75, 3.05) is 0 Å². The third-order valence-electron chi connectivity index (χ3n) is 2.61. The van der Waals surface area contributed by atoms with Crippen LogP contribution in [0.2, 0.25) is 0 Å². The summed E-state index contributed by atoms with van der Waals surface area (Å²) < 4.78 is 0.720. The Morgan fingerprint density at radius 3 is 2.74 bits per heavy atom. The summed E-state index contributed by atoms with van der Waals surface area (Å²) >= 11 is 3.35. The van der Waals surface area contributed by atoms with Gasteiger partial charge in [-0.2, -0.15) is 4.98 Å². The van der Waals surface area contributed by atoms with Crippen LogP contribution in [0.1, 0.15) is 12.7 Å². The molecule has 1 heterocycles. The molecule has 0 aliphatic rings. The Morgan fingerprint density at radius 1 is 1.47 bits per heavy atom. The van der Waals surface area contributed by atoms with Crippen molar-refractivity contribution < 1.29 is 5.11 Å². The Balaban J connectivity index is 2.55. The Labute approximate surface area is 118 Å². The van der Waals surface area contributed by atoms with Gasteiger partial charge in [0.2, 0.25) is 5.88 Å². The third-order valence-corrected chi connectivity index (χ3v) is 3.30. The molecule has 19 heavy (non-hydrogen) atoms. The zero-order chi connectivity index (χ0) is 14.0. The van der Waals surface area contributed by atoms with Crippen LogP contribution in [0.5, 0.6) is 5.88 Å². The van der Waals surface area contributed by atoms with Gasteiger partial charge < -0.3 is 15.8 Å². The van der Waals surface area contributed by atoms with Crippen molar-refractivity contribution in [1.29, 1.82) is 0 Å². The number of halogens is 1. The zero-order valence-corrected chi connectivity index (χ0v) is 11.9. The molecule has 1 aromatic heterocycles. The molecule has 100 valence electrons. The minimum absolute atomic E-state index is 0.142. The molecule has 0 aliphatic heterocycles. The van der Waals surface area contributed by atoms with Crippen molar-refractivity contribution >= 4 is 15.9 Å². The van der Waals surface area contributed by atoms with E-state index in [1.54, 1.807) is 25.1 Å². The predicted molar refractivity (Wildman–Crippen MR) is 77.0 cm³/mol. The second-order valence-electron chi connectivity index (χ2n) is 4.37. The van der Waals surface area contributed by atoms with E-state index < -0.39 is 0 Å². The van der Waals surface area contributed by atoms with Crippen LogP contribution >= 0.6 is 15.9 Å². The summed E-state index contributed by atoms with van der Waals surface area (Å²) in [6.07, 6.45) is 0.402. The Hall–Kier alpha value is -1.66. The van der Waals surface area contributed by atoms with Crippen molar-refractivity contribution in [3.63, 3.8) is 0 Å². The molecule has 0 spiro atoms. The van der Waals surface area contributed by atoms with E-state index in [1.165, 1.54) is 0 Å². The largest absolute Gasteiger partial charge is 0.493 e. The number of nitrogens with two attached hydrogens (primary N) is 1. The summed E-state index contributed by atoms with van der Waals surface area (Å²) in [5, 5.41) is 9.97. The fourth-order valence-electron chi connectivity index (χ4n) is 1.82. The van der Waals surface area contributed by atoms with Crippen LogP contribution in [-0.2, 0) is 6.42 Å². The highest BCUT2D eigenvalue weighted by atomic mass is 79.9. The molecular weight excluding hydrogens is 310 g/mol. The molecule has 0 bridgehead atoms. The number of aromatic amines is 1. The molecule has 4 N–H and O–H groups in total. The van der Waals surface area contributed by atoms with Gasteiger partial charge in [0.05, 0.1) is 0 Å². The van der Waals surface area contributed by atoms with E-state index in [9.17, 15) is 9.90 Å². The number of H-pyrrole nitrogens is 1. The van der Waals surface area contributed by atoms with Crippen molar-refractivity contribution in [2.45, 2.75) is 19.4 Å². The van der Waals surface area contributed by atoms with E-state index in [1.807, 2.05) is 6.07 Å². The summed E-state index contributed by atoms with van der Waals surface area (Å²) in [7, 11) is 0. The first-order chi connectivity index (χ1) is 8.99. The number of hydrogen-bond donors (Lipinski definition) is 3. The first kappa shape index (κ1) is 13.8. The van der Waals surface area contributed by atoms with E-state index >= 15 is 0 Å². The zero-order valence-electron chi connectivity index (χ0n) is 10.4. The van der Waals surface area contributed by atoms with Crippen LogP contribution in [0.15, 0.2) is 33.5 Å². The van der Waals surface area contributed by atoms with Crippen LogP contribution in [0.25, 0.3) is 11.1 Å². The maximum atomic E-state index is 12.1. The van der Waals surface area contributed by atoms with Crippen molar-refractivity contribution in [3.8, 4) is 17.0 Å². The number of rotatable bonds is 3. The normalized spacial score (nSPS) is 12.4. The molecule has 0 saturated heterocycles. The van der Waals surface area contributed by atoms with E-state index in [2.05, 4.69) is 25.9 Å². The lowest BCUT2D eigenvalue weighted by molar-refractivity contribution is 0.449. The van der Waals surface area contributed by atoms with Crippen LogP contribution < -0.4 is 11.3 Å². The SMILES string of the molecule is CC(N)Cc1nc(O)c(-c2ccccc2Br)c(=O)[nH]1. The number of benzene rings is 1. The van der Waals surface area contributed by atoms with Crippen molar-refractivity contribution in [3.05, 3.63) is 44.9 Å². The lowest BCUT2D eigenvalue weighted by Gasteiger charge is -2.08. The van der Waals surface area contributed by atoms with E-state index in [4.69, 9.17) is 5.73 Å². The molecule has 0 aliphatic carbocycles. The van der Waals surface area contributed by atoms with Gasteiger partial charge in [-0.1, -0.05) is 34.1 Å². The molecule has 5 nitrogen and oxygen atoms in total. The molecule has 0 radical (unpaired) electrons. The highest BCUT2D eigenvalue weighted by Gasteiger charge is 2.15. The van der Waals surface area contributed by atoms with Gasteiger partial charge in [0.15, 0.2) is 0 Å². The summed E-state index contributed by atoms with van der Waals surface area (Å²) in [6.45, 7) is 1.80. The van der Waals surface area contributed by atoms with Gasteiger partial charge in [-0.05, 0) is 13.0 Å². The highest BCUT2D eigenvalue weighted by Crippen LogP contribution is 2.30. The summed E-state index contributed by atoms with van der Waals surface area (Å²) in [6, 6.07) is 7.01. The van der Waals surface area contributed by atoms with Gasteiger partial charge in [-0.25, -0.2) is 0 Å². The van der Waals surface area contributed by atoms with E-state index in [-0.39, 0.29) is 23.0 Å². The van der Waals surface area contributed by atoms with Gasteiger partial charge in [0, 0.05) is 22.5 Å². The third kappa shape index (κ3) is 3.02. The van der Waals surface area contributed by atoms with Crippen molar-refractivity contribution in [1.82, 2.24) is 9.97 Å². The number of aromatic hydroxyl groups is 1. The standard InChI is InChI=1S/C13H14BrN3O2/c1-7(15)6-10-16-12(18)11(13(19)17-10)8-4-2-3-5-9(8)14/h2-5,7H,6,15H2,1H3,(H2,16,17,18,19). The van der Waals surface area contributed by atoms with Crippen LogP contribution in [0, 0.1) is 0 Å². The molecule has 2 rings (SSSR count). The fourth-order valence-corrected chi connectivity index (χ4v) is 2.30. The molecule has 2 aromatic rings. The van der Waals surface area contributed by atoms with E-state index in [0.29, 0.717) is 17.8 Å². The number of hydrogen-bond acceptors (Lipinski definition) is 4. The Kier molecular flexibility index (Phi) is 4.01. The minimum Gasteiger partial charge on any atom is -0.493 e. The molecule has 6 heteroatoms. The second kappa shape index (κ2) is 5.54. The molecule has 1 atom stereocenters. The Morgan fingerprint density at radius 2 is 2.16 bits per heavy atom. The van der Waals surface area contributed by atoms with Crippen LogP contribution in [-0.4, -0.2) is 21.1 Å². The predicted octanol–water partition coefficient (Wildman–Crippen LogP) is 1.79. The van der Waals surface area contributed by atoms with Crippen LogP contribution in [0.4, 0.5) is 0 Å². The number of nitrogens with zero attached hydrogens (tertiary/aromatic N) is 1. The Bertz CT molecular complexity index is 653. The maximum Gasteiger partial charge on any atom is 0.262 e. The first-order valence-corrected chi connectivity index (χ1v) is 6.61. The fraction of sp³-hybridized carbons (Fsp3) is 0.231. The highest BCUT2D eigenvalue weighted by molar-refractivity contribution is 9.10. The van der Waals surface area contributed by atoms with Crippen LogP contribution in [0.3, 0.4) is 0 Å². The summed E-state index contributed by atoms with van der Waals surface area (Å²) in [4.78, 5) is 18.7. The second-order valence-corrected chi connectivity index (χ2v) is 5.23. The molecular formula is C13H14BrN3O2. The quantitative estimate of drug-likeness (QED) is 0.803. The monoisotopic (exact) mass is 323 g/mol. The van der Waals surface area contributed by atoms with Crippen molar-refractivity contribution in [2.24, 2.45) is 5.73 Å². The lowest BCUT2D eigenvalue weighted by atomic mass is 10.1. The lowest BCUT2D eigenvalue weighted by Crippen LogP contribution is -2.22. The molecule has 0 fully saturated rings. The average Bonchev–Trinajstić information content (AvgIpc) is 2.29. The topological polar surface area (TPSA) is 92.0 Å². The smallest absolute Gasteiger partial charge is 0.262 e. The van der Waals surface area contributed by atoms with Gasteiger partial charge >= 0.3 is 0 Å². The van der Waals surface area contributed by atoms with Gasteiger partial charge in [-0.3, -0.25) is 4.79 Å².